The van der Waals surface area contributed by atoms with Gasteiger partial charge in [-0.3, -0.25) is 0 Å². The van der Waals surface area contributed by atoms with Crippen LogP contribution in [0.25, 0.3) is 0 Å². The molecular formula is C12H21NO. The molecule has 1 atom stereocenters. The molecule has 1 heterocycles. The Morgan fingerprint density at radius 2 is 2.43 bits per heavy atom. The topological polar surface area (TPSA) is 21.3 Å². The monoisotopic (exact) mass is 195 g/mol. The molecular weight excluding hydrogens is 174 g/mol. The normalized spacial score (nSPS) is 23.5. The highest BCUT2D eigenvalue weighted by Crippen LogP contribution is 2.09. The minimum Gasteiger partial charge on any atom is -0.379 e. The second-order valence-corrected chi connectivity index (χ2v) is 3.85. The molecule has 0 aliphatic carbocycles. The summed E-state index contributed by atoms with van der Waals surface area (Å²) in [5.74, 6) is 0. The molecule has 0 bridgehead atoms. The third-order valence-corrected chi connectivity index (χ3v) is 2.43. The van der Waals surface area contributed by atoms with Gasteiger partial charge >= 0.3 is 0 Å². The van der Waals surface area contributed by atoms with Crippen molar-refractivity contribution in [3.05, 3.63) is 24.3 Å². The van der Waals surface area contributed by atoms with Gasteiger partial charge in [-0.25, -0.2) is 0 Å². The molecule has 2 heteroatoms. The minimum absolute atomic E-state index is 0.517. The van der Waals surface area contributed by atoms with Crippen molar-refractivity contribution >= 4 is 0 Å². The minimum atomic E-state index is 0.517. The molecule has 1 N–H and O–H groups in total. The zero-order valence-electron chi connectivity index (χ0n) is 9.09. The van der Waals surface area contributed by atoms with Crippen LogP contribution in [-0.4, -0.2) is 25.8 Å². The van der Waals surface area contributed by atoms with E-state index in [-0.39, 0.29) is 0 Å². The average Bonchev–Trinajstić information content (AvgIpc) is 2.20. The molecule has 1 aliphatic heterocycles. The van der Waals surface area contributed by atoms with Crippen molar-refractivity contribution < 1.29 is 4.74 Å². The summed E-state index contributed by atoms with van der Waals surface area (Å²) >= 11 is 0. The first-order chi connectivity index (χ1) is 6.83. The second kappa shape index (κ2) is 6.80. The molecule has 0 aromatic carbocycles. The van der Waals surface area contributed by atoms with Gasteiger partial charge in [-0.05, 0) is 26.2 Å². The first-order valence-corrected chi connectivity index (χ1v) is 5.40. The van der Waals surface area contributed by atoms with E-state index in [9.17, 15) is 0 Å². The van der Waals surface area contributed by atoms with Crippen molar-refractivity contribution in [2.24, 2.45) is 0 Å². The van der Waals surface area contributed by atoms with E-state index in [1.807, 2.05) is 6.08 Å². The molecule has 1 aliphatic rings. The summed E-state index contributed by atoms with van der Waals surface area (Å²) < 4.78 is 5.40. The van der Waals surface area contributed by atoms with Crippen LogP contribution in [0.5, 0.6) is 0 Å². The Morgan fingerprint density at radius 1 is 1.57 bits per heavy atom. The van der Waals surface area contributed by atoms with Crippen LogP contribution in [0.15, 0.2) is 24.3 Å². The molecule has 80 valence electrons. The molecule has 1 fully saturated rings. The fourth-order valence-corrected chi connectivity index (χ4v) is 1.67. The summed E-state index contributed by atoms with van der Waals surface area (Å²) in [6.45, 7) is 8.61. The molecule has 14 heavy (non-hydrogen) atoms. The molecule has 0 aromatic rings. The molecule has 0 radical (unpaired) electrons. The van der Waals surface area contributed by atoms with Gasteiger partial charge in [0.25, 0.3) is 0 Å². The van der Waals surface area contributed by atoms with E-state index >= 15 is 0 Å². The number of nitrogens with one attached hydrogen (secondary N) is 1. The van der Waals surface area contributed by atoms with E-state index in [1.165, 1.54) is 5.57 Å². The number of morpholine rings is 1. The van der Waals surface area contributed by atoms with Gasteiger partial charge in [0.05, 0.1) is 13.2 Å². The lowest BCUT2D eigenvalue weighted by Gasteiger charge is -2.24. The Balaban J connectivity index is 2.20. The van der Waals surface area contributed by atoms with Gasteiger partial charge in [0, 0.05) is 12.6 Å². The van der Waals surface area contributed by atoms with E-state index in [1.54, 1.807) is 0 Å². The Labute approximate surface area is 87.0 Å². The van der Waals surface area contributed by atoms with Gasteiger partial charge in [0.1, 0.15) is 0 Å². The first-order valence-electron chi connectivity index (χ1n) is 5.40. The Hall–Kier alpha value is -0.600. The van der Waals surface area contributed by atoms with Crippen LogP contribution < -0.4 is 5.32 Å². The zero-order valence-corrected chi connectivity index (χ0v) is 9.09. The molecule has 0 aromatic heterocycles. The summed E-state index contributed by atoms with van der Waals surface area (Å²) in [7, 11) is 0. The van der Waals surface area contributed by atoms with Crippen molar-refractivity contribution in [2.45, 2.75) is 32.2 Å². The predicted molar refractivity (Wildman–Crippen MR) is 60.4 cm³/mol. The largest absolute Gasteiger partial charge is 0.379 e. The van der Waals surface area contributed by atoms with E-state index in [4.69, 9.17) is 4.74 Å². The van der Waals surface area contributed by atoms with E-state index < -0.39 is 0 Å². The highest BCUT2D eigenvalue weighted by molar-refractivity contribution is 5.01. The fraction of sp³-hybridized carbons (Fsp3) is 0.667. The summed E-state index contributed by atoms with van der Waals surface area (Å²) in [6, 6.07) is 0.517. The van der Waals surface area contributed by atoms with Crippen LogP contribution in [0.1, 0.15) is 26.2 Å². The lowest BCUT2D eigenvalue weighted by molar-refractivity contribution is 0.0770. The summed E-state index contributed by atoms with van der Waals surface area (Å²) in [6.07, 6.45) is 7.57. The van der Waals surface area contributed by atoms with Crippen molar-refractivity contribution in [1.29, 1.82) is 0 Å². The van der Waals surface area contributed by atoms with Gasteiger partial charge in [0.2, 0.25) is 0 Å². The van der Waals surface area contributed by atoms with Gasteiger partial charge < -0.3 is 10.1 Å². The van der Waals surface area contributed by atoms with Gasteiger partial charge in [-0.1, -0.05) is 17.7 Å². The van der Waals surface area contributed by atoms with Crippen molar-refractivity contribution in [3.8, 4) is 0 Å². The number of rotatable bonds is 5. The maximum Gasteiger partial charge on any atom is 0.0623 e. The van der Waals surface area contributed by atoms with Gasteiger partial charge in [0.15, 0.2) is 0 Å². The first kappa shape index (κ1) is 11.5. The number of hydrogen-bond acceptors (Lipinski definition) is 2. The van der Waals surface area contributed by atoms with Gasteiger partial charge in [-0.15, -0.1) is 6.58 Å². The Morgan fingerprint density at radius 3 is 3.07 bits per heavy atom. The van der Waals surface area contributed by atoms with Crippen LogP contribution in [0.4, 0.5) is 0 Å². The van der Waals surface area contributed by atoms with E-state index in [2.05, 4.69) is 24.9 Å². The predicted octanol–water partition coefficient (Wildman–Crippen LogP) is 2.28. The van der Waals surface area contributed by atoms with Crippen LogP contribution in [0.2, 0.25) is 0 Å². The maximum absolute atomic E-state index is 5.40. The fourth-order valence-electron chi connectivity index (χ4n) is 1.67. The van der Waals surface area contributed by atoms with Crippen LogP contribution in [0, 0.1) is 0 Å². The third-order valence-electron chi connectivity index (χ3n) is 2.43. The SMILES string of the molecule is C=CCC/C=C(/C)CC1COCCN1. The number of ether oxygens (including phenoxy) is 1. The second-order valence-electron chi connectivity index (χ2n) is 3.85. The van der Waals surface area contributed by atoms with Crippen LogP contribution in [0.3, 0.4) is 0 Å². The van der Waals surface area contributed by atoms with Crippen molar-refractivity contribution in [2.75, 3.05) is 19.8 Å². The lowest BCUT2D eigenvalue weighted by atomic mass is 10.1. The zero-order chi connectivity index (χ0) is 10.2. The van der Waals surface area contributed by atoms with Crippen molar-refractivity contribution in [1.82, 2.24) is 5.32 Å². The molecule has 2 nitrogen and oxygen atoms in total. The van der Waals surface area contributed by atoms with Crippen LogP contribution >= 0.6 is 0 Å². The van der Waals surface area contributed by atoms with Crippen molar-refractivity contribution in [3.63, 3.8) is 0 Å². The highest BCUT2D eigenvalue weighted by Gasteiger charge is 2.12. The molecule has 1 unspecified atom stereocenters. The summed E-state index contributed by atoms with van der Waals surface area (Å²) in [4.78, 5) is 0. The molecule has 0 spiro atoms. The van der Waals surface area contributed by atoms with Gasteiger partial charge in [-0.2, -0.15) is 0 Å². The summed E-state index contributed by atoms with van der Waals surface area (Å²) in [5.41, 5.74) is 1.45. The maximum atomic E-state index is 5.40. The number of hydrogen-bond donors (Lipinski definition) is 1. The molecule has 0 amide bonds. The standard InChI is InChI=1S/C12H21NO/c1-3-4-5-6-11(2)9-12-10-14-8-7-13-12/h3,6,12-13H,1,4-5,7-10H2,2H3/b11-6-. The number of allylic oxidation sites excluding steroid dienone is 2. The Kier molecular flexibility index (Phi) is 5.57. The smallest absolute Gasteiger partial charge is 0.0623 e. The molecule has 0 saturated carbocycles. The molecule has 1 saturated heterocycles. The highest BCUT2D eigenvalue weighted by atomic mass is 16.5. The molecule has 1 rings (SSSR count). The summed E-state index contributed by atoms with van der Waals surface area (Å²) in [5, 5.41) is 3.45. The van der Waals surface area contributed by atoms with E-state index in [0.717, 1.165) is 39.0 Å². The lowest BCUT2D eigenvalue weighted by Crippen LogP contribution is -2.41. The van der Waals surface area contributed by atoms with Crippen LogP contribution in [-0.2, 0) is 4.74 Å². The van der Waals surface area contributed by atoms with E-state index in [0.29, 0.717) is 6.04 Å². The quantitative estimate of drug-likeness (QED) is 0.537. The number of unbranched alkanes of at least 4 members (excludes halogenated alkanes) is 1. The Bertz CT molecular complexity index is 192. The third kappa shape index (κ3) is 4.58. The average molecular weight is 195 g/mol.